The molecular weight excluding hydrogens is 178 g/mol. The number of carbonyl (C=O) groups is 1. The summed E-state index contributed by atoms with van der Waals surface area (Å²) in [5.41, 5.74) is -0.741. The first kappa shape index (κ1) is 11.8. The zero-order valence-corrected chi connectivity index (χ0v) is 7.81. The van der Waals surface area contributed by atoms with Crippen LogP contribution in [0.1, 0.15) is 20.8 Å². The number of hydrogen-bond donors (Lipinski definition) is 1. The molecule has 0 radical (unpaired) electrons. The molecule has 0 aromatic carbocycles. The van der Waals surface area contributed by atoms with Crippen LogP contribution in [0.15, 0.2) is 0 Å². The van der Waals surface area contributed by atoms with E-state index in [2.05, 4.69) is 0 Å². The van der Waals surface area contributed by atoms with Gasteiger partial charge < -0.3 is 9.84 Å². The molecule has 0 aliphatic rings. The predicted molar refractivity (Wildman–Crippen MR) is 43.7 cm³/mol. The van der Waals surface area contributed by atoms with Gasteiger partial charge in [0.15, 0.2) is 0 Å². The van der Waals surface area contributed by atoms with E-state index in [0.29, 0.717) is 0 Å². The molecule has 0 aromatic heterocycles. The van der Waals surface area contributed by atoms with Crippen LogP contribution in [0.2, 0.25) is 0 Å². The maximum absolute atomic E-state index is 10.9. The molecule has 0 aromatic rings. The molecule has 0 fully saturated rings. The lowest BCUT2D eigenvalue weighted by molar-refractivity contribution is -0.488. The lowest BCUT2D eigenvalue weighted by atomic mass is 10.2. The number of esters is 1. The lowest BCUT2D eigenvalue weighted by Gasteiger charge is -2.20. The molecular formula is C7H13NO5. The minimum absolute atomic E-state index is 0.741. The summed E-state index contributed by atoms with van der Waals surface area (Å²) in [4.78, 5) is 20.1. The van der Waals surface area contributed by atoms with E-state index in [0.717, 1.165) is 0 Å². The van der Waals surface area contributed by atoms with Crippen LogP contribution in [-0.2, 0) is 9.53 Å². The van der Waals surface area contributed by atoms with Gasteiger partial charge in [-0.05, 0) is 20.8 Å². The summed E-state index contributed by atoms with van der Waals surface area (Å²) in [5, 5.41) is 18.9. The summed E-state index contributed by atoms with van der Waals surface area (Å²) in [6.07, 6.45) is -1.69. The maximum atomic E-state index is 10.9. The van der Waals surface area contributed by atoms with Gasteiger partial charge in [0.05, 0.1) is 0 Å². The third kappa shape index (κ3) is 6.03. The molecule has 0 bridgehead atoms. The first-order valence-corrected chi connectivity index (χ1v) is 3.75. The number of hydrogen-bond acceptors (Lipinski definition) is 5. The van der Waals surface area contributed by atoms with E-state index in [9.17, 15) is 14.9 Å². The fraction of sp³-hybridized carbons (Fsp3) is 0.857. The van der Waals surface area contributed by atoms with Gasteiger partial charge in [-0.25, -0.2) is 4.79 Å². The van der Waals surface area contributed by atoms with Crippen molar-refractivity contribution in [3.05, 3.63) is 10.1 Å². The second-order valence-corrected chi connectivity index (χ2v) is 3.56. The molecule has 0 aliphatic heterocycles. The molecule has 0 heterocycles. The number of nitro groups is 1. The number of aliphatic hydroxyl groups excluding tert-OH is 1. The number of rotatable bonds is 3. The quantitative estimate of drug-likeness (QED) is 0.384. The van der Waals surface area contributed by atoms with Crippen LogP contribution in [0.3, 0.4) is 0 Å². The van der Waals surface area contributed by atoms with Gasteiger partial charge in [0.1, 0.15) is 5.60 Å². The van der Waals surface area contributed by atoms with E-state index in [4.69, 9.17) is 9.84 Å². The summed E-state index contributed by atoms with van der Waals surface area (Å²) in [6.45, 7) is 4.02. The van der Waals surface area contributed by atoms with Crippen LogP contribution in [0.25, 0.3) is 0 Å². The molecule has 0 aliphatic carbocycles. The first-order chi connectivity index (χ1) is 5.72. The zero-order chi connectivity index (χ0) is 10.6. The van der Waals surface area contributed by atoms with Gasteiger partial charge in [0, 0.05) is 4.92 Å². The molecule has 0 spiro atoms. The van der Waals surface area contributed by atoms with Gasteiger partial charge in [-0.2, -0.15) is 0 Å². The fourth-order valence-corrected chi connectivity index (χ4v) is 0.586. The van der Waals surface area contributed by atoms with E-state index in [-0.39, 0.29) is 0 Å². The van der Waals surface area contributed by atoms with Crippen molar-refractivity contribution >= 4 is 5.97 Å². The van der Waals surface area contributed by atoms with E-state index in [1.807, 2.05) is 0 Å². The molecule has 76 valence electrons. The number of aliphatic hydroxyl groups is 1. The first-order valence-electron chi connectivity index (χ1n) is 3.75. The number of carbonyl (C=O) groups excluding carboxylic acids is 1. The standard InChI is InChI=1S/C7H13NO5/c1-7(2,3)13-6(10)5(9)4-8(11)12/h5,9H,4H2,1-3H3. The smallest absolute Gasteiger partial charge is 0.342 e. The second-order valence-electron chi connectivity index (χ2n) is 3.56. The van der Waals surface area contributed by atoms with Gasteiger partial charge in [-0.1, -0.05) is 0 Å². The van der Waals surface area contributed by atoms with Crippen LogP contribution in [0.4, 0.5) is 0 Å². The molecule has 0 saturated carbocycles. The van der Waals surface area contributed by atoms with Crippen molar-refractivity contribution in [2.24, 2.45) is 0 Å². The highest BCUT2D eigenvalue weighted by Gasteiger charge is 2.26. The van der Waals surface area contributed by atoms with E-state index in [1.165, 1.54) is 0 Å². The Hall–Kier alpha value is -1.17. The van der Waals surface area contributed by atoms with Gasteiger partial charge in [0.25, 0.3) is 0 Å². The summed E-state index contributed by atoms with van der Waals surface area (Å²) >= 11 is 0. The van der Waals surface area contributed by atoms with Crippen molar-refractivity contribution in [2.45, 2.75) is 32.5 Å². The Morgan fingerprint density at radius 1 is 1.62 bits per heavy atom. The Bertz CT molecular complexity index is 207. The molecule has 6 heteroatoms. The topological polar surface area (TPSA) is 89.7 Å². The Labute approximate surface area is 75.7 Å². The third-order valence-electron chi connectivity index (χ3n) is 1.00. The van der Waals surface area contributed by atoms with Crippen molar-refractivity contribution in [2.75, 3.05) is 6.54 Å². The van der Waals surface area contributed by atoms with Gasteiger partial charge in [-0.15, -0.1) is 0 Å². The van der Waals surface area contributed by atoms with Crippen molar-refractivity contribution in [1.29, 1.82) is 0 Å². The Balaban J connectivity index is 4.05. The zero-order valence-electron chi connectivity index (χ0n) is 7.81. The summed E-state index contributed by atoms with van der Waals surface area (Å²) in [7, 11) is 0. The van der Waals surface area contributed by atoms with Crippen LogP contribution in [0, 0.1) is 10.1 Å². The molecule has 0 amide bonds. The van der Waals surface area contributed by atoms with Gasteiger partial charge >= 0.3 is 5.97 Å². The van der Waals surface area contributed by atoms with Gasteiger partial charge in [0.2, 0.25) is 12.6 Å². The summed E-state index contributed by atoms with van der Waals surface area (Å²) < 4.78 is 4.71. The van der Waals surface area contributed by atoms with Crippen molar-refractivity contribution in [1.82, 2.24) is 0 Å². The number of ether oxygens (including phenoxy) is 1. The minimum Gasteiger partial charge on any atom is -0.458 e. The normalized spacial score (nSPS) is 13.5. The molecule has 1 unspecified atom stereocenters. The summed E-state index contributed by atoms with van der Waals surface area (Å²) in [5.74, 6) is -0.968. The molecule has 0 saturated heterocycles. The Kier molecular flexibility index (Phi) is 3.80. The SMILES string of the molecule is CC(C)(C)OC(=O)C(O)C[N+](=O)[O-]. The van der Waals surface area contributed by atoms with Gasteiger partial charge in [-0.3, -0.25) is 10.1 Å². The van der Waals surface area contributed by atoms with Crippen LogP contribution < -0.4 is 0 Å². The monoisotopic (exact) mass is 191 g/mol. The molecule has 1 atom stereocenters. The molecule has 1 N–H and O–H groups in total. The van der Waals surface area contributed by atoms with Crippen molar-refractivity contribution in [3.8, 4) is 0 Å². The van der Waals surface area contributed by atoms with Crippen LogP contribution >= 0.6 is 0 Å². The Morgan fingerprint density at radius 2 is 2.08 bits per heavy atom. The van der Waals surface area contributed by atoms with Crippen molar-refractivity contribution < 1.29 is 19.6 Å². The Morgan fingerprint density at radius 3 is 2.38 bits per heavy atom. The van der Waals surface area contributed by atoms with Crippen LogP contribution in [-0.4, -0.2) is 34.2 Å². The number of nitrogens with zero attached hydrogens (tertiary/aromatic N) is 1. The molecule has 6 nitrogen and oxygen atoms in total. The second kappa shape index (κ2) is 4.18. The lowest BCUT2D eigenvalue weighted by Crippen LogP contribution is -2.35. The third-order valence-corrected chi connectivity index (χ3v) is 1.00. The van der Waals surface area contributed by atoms with E-state index >= 15 is 0 Å². The average Bonchev–Trinajstić information content (AvgIpc) is 1.81. The van der Waals surface area contributed by atoms with E-state index in [1.54, 1.807) is 20.8 Å². The molecule has 13 heavy (non-hydrogen) atoms. The minimum atomic E-state index is -1.69. The summed E-state index contributed by atoms with van der Waals surface area (Å²) in [6, 6.07) is 0. The van der Waals surface area contributed by atoms with Crippen LogP contribution in [0.5, 0.6) is 0 Å². The predicted octanol–water partition coefficient (Wildman–Crippen LogP) is -0.0343. The average molecular weight is 191 g/mol. The highest BCUT2D eigenvalue weighted by molar-refractivity contribution is 5.74. The largest absolute Gasteiger partial charge is 0.458 e. The molecule has 0 rings (SSSR count). The maximum Gasteiger partial charge on any atom is 0.342 e. The van der Waals surface area contributed by atoms with E-state index < -0.39 is 29.1 Å². The fourth-order valence-electron chi connectivity index (χ4n) is 0.586. The highest BCUT2D eigenvalue weighted by atomic mass is 16.6. The van der Waals surface area contributed by atoms with Crippen molar-refractivity contribution in [3.63, 3.8) is 0 Å². The highest BCUT2D eigenvalue weighted by Crippen LogP contribution is 2.08.